The van der Waals surface area contributed by atoms with Crippen molar-refractivity contribution in [1.82, 2.24) is 0 Å². The van der Waals surface area contributed by atoms with Crippen molar-refractivity contribution in [3.05, 3.63) is 0 Å². The summed E-state index contributed by atoms with van der Waals surface area (Å²) in [7, 11) is -3.37. The molecule has 1 N–H and O–H groups in total. The van der Waals surface area contributed by atoms with E-state index in [2.05, 4.69) is 4.18 Å². The Balaban J connectivity index is 3.46. The summed E-state index contributed by atoms with van der Waals surface area (Å²) in [6.07, 6.45) is 1.43. The van der Waals surface area contributed by atoms with Crippen molar-refractivity contribution >= 4 is 10.1 Å². The molecule has 0 rings (SSSR count). The molecular weight excluding hydrogens is 208 g/mol. The first-order chi connectivity index (χ1) is 6.62. The van der Waals surface area contributed by atoms with Crippen molar-refractivity contribution in [2.24, 2.45) is 0 Å². The molecule has 0 fully saturated rings. The number of unbranched alkanes of at least 4 members (excludes halogenated alkanes) is 1. The monoisotopic (exact) mass is 226 g/mol. The van der Waals surface area contributed by atoms with Crippen molar-refractivity contribution in [2.45, 2.75) is 19.8 Å². The minimum Gasteiger partial charge on any atom is -0.394 e. The summed E-state index contributed by atoms with van der Waals surface area (Å²) in [4.78, 5) is 0. The molecule has 0 unspecified atom stereocenters. The molecule has 0 spiro atoms. The lowest BCUT2D eigenvalue weighted by molar-refractivity contribution is 0.0719. The molecule has 0 amide bonds. The zero-order valence-corrected chi connectivity index (χ0v) is 9.25. The van der Waals surface area contributed by atoms with Crippen LogP contribution in [0, 0.1) is 0 Å². The van der Waals surface area contributed by atoms with Gasteiger partial charge in [-0.1, -0.05) is 13.3 Å². The molecule has 86 valence electrons. The van der Waals surface area contributed by atoms with E-state index in [-0.39, 0.29) is 32.2 Å². The summed E-state index contributed by atoms with van der Waals surface area (Å²) in [5, 5.41) is 8.36. The van der Waals surface area contributed by atoms with Crippen LogP contribution in [0.2, 0.25) is 0 Å². The summed E-state index contributed by atoms with van der Waals surface area (Å²) in [5.74, 6) is 0.0590. The van der Waals surface area contributed by atoms with E-state index in [4.69, 9.17) is 9.84 Å². The molecule has 0 bridgehead atoms. The van der Waals surface area contributed by atoms with Gasteiger partial charge in [0.2, 0.25) is 0 Å². The van der Waals surface area contributed by atoms with E-state index < -0.39 is 10.1 Å². The molecule has 5 nitrogen and oxygen atoms in total. The van der Waals surface area contributed by atoms with E-state index in [9.17, 15) is 8.42 Å². The highest BCUT2D eigenvalue weighted by Crippen LogP contribution is 1.98. The van der Waals surface area contributed by atoms with Crippen molar-refractivity contribution in [2.75, 3.05) is 32.2 Å². The Bertz CT molecular complexity index is 212. The Kier molecular flexibility index (Phi) is 8.07. The molecular formula is C8H18O5S. The van der Waals surface area contributed by atoms with Crippen LogP contribution in [0.4, 0.5) is 0 Å². The largest absolute Gasteiger partial charge is 0.394 e. The topological polar surface area (TPSA) is 72.8 Å². The fourth-order valence-corrected chi connectivity index (χ4v) is 1.85. The minimum absolute atomic E-state index is 0.0199. The van der Waals surface area contributed by atoms with Gasteiger partial charge in [-0.15, -0.1) is 0 Å². The maximum absolute atomic E-state index is 11.1. The Labute approximate surface area is 85.1 Å². The average Bonchev–Trinajstić information content (AvgIpc) is 2.15. The number of aliphatic hydroxyl groups is 1. The van der Waals surface area contributed by atoms with Gasteiger partial charge in [-0.25, -0.2) is 0 Å². The van der Waals surface area contributed by atoms with E-state index in [1.54, 1.807) is 0 Å². The standard InChI is InChI=1S/C8H18O5S/c1-2-3-8-14(10,11)13-7-6-12-5-4-9/h9H,2-8H2,1H3. The van der Waals surface area contributed by atoms with Crippen LogP contribution in [0.1, 0.15) is 19.8 Å². The zero-order chi connectivity index (χ0) is 10.9. The summed E-state index contributed by atoms with van der Waals surface area (Å²) < 4.78 is 31.7. The lowest BCUT2D eigenvalue weighted by Crippen LogP contribution is -2.15. The maximum atomic E-state index is 11.1. The molecule has 0 aliphatic carbocycles. The third-order valence-electron chi connectivity index (χ3n) is 1.47. The van der Waals surface area contributed by atoms with E-state index in [0.717, 1.165) is 6.42 Å². The Morgan fingerprint density at radius 3 is 2.50 bits per heavy atom. The number of hydrogen-bond acceptors (Lipinski definition) is 5. The average molecular weight is 226 g/mol. The van der Waals surface area contributed by atoms with Crippen molar-refractivity contribution in [3.63, 3.8) is 0 Å². The van der Waals surface area contributed by atoms with Crippen molar-refractivity contribution in [3.8, 4) is 0 Å². The molecule has 0 atom stereocenters. The molecule has 0 aliphatic heterocycles. The number of ether oxygens (including phenoxy) is 1. The lowest BCUT2D eigenvalue weighted by atomic mass is 10.4. The van der Waals surface area contributed by atoms with Crippen LogP contribution >= 0.6 is 0 Å². The van der Waals surface area contributed by atoms with Gasteiger partial charge in [0.25, 0.3) is 10.1 Å². The van der Waals surface area contributed by atoms with E-state index in [1.165, 1.54) is 0 Å². The predicted molar refractivity (Wildman–Crippen MR) is 52.6 cm³/mol. The highest BCUT2D eigenvalue weighted by molar-refractivity contribution is 7.86. The second kappa shape index (κ2) is 8.16. The molecule has 0 aromatic rings. The van der Waals surface area contributed by atoms with Gasteiger partial charge in [0.1, 0.15) is 0 Å². The molecule has 6 heteroatoms. The van der Waals surface area contributed by atoms with Crippen LogP contribution in [-0.4, -0.2) is 45.7 Å². The minimum atomic E-state index is -3.37. The summed E-state index contributed by atoms with van der Waals surface area (Å²) in [5.41, 5.74) is 0. The van der Waals surface area contributed by atoms with Gasteiger partial charge >= 0.3 is 0 Å². The third-order valence-corrected chi connectivity index (χ3v) is 2.79. The maximum Gasteiger partial charge on any atom is 0.267 e. The van der Waals surface area contributed by atoms with E-state index >= 15 is 0 Å². The van der Waals surface area contributed by atoms with Crippen molar-refractivity contribution < 1.29 is 22.4 Å². The molecule has 0 aromatic carbocycles. The van der Waals surface area contributed by atoms with Gasteiger partial charge in [-0.05, 0) is 6.42 Å². The molecule has 0 saturated carbocycles. The van der Waals surface area contributed by atoms with Gasteiger partial charge in [0.05, 0.1) is 32.2 Å². The zero-order valence-electron chi connectivity index (χ0n) is 8.44. The summed E-state index contributed by atoms with van der Waals surface area (Å²) >= 11 is 0. The third kappa shape index (κ3) is 8.43. The van der Waals surface area contributed by atoms with Crippen LogP contribution in [0.15, 0.2) is 0 Å². The normalized spacial score (nSPS) is 11.9. The summed E-state index contributed by atoms with van der Waals surface area (Å²) in [6, 6.07) is 0. The fraction of sp³-hybridized carbons (Fsp3) is 1.00. The molecule has 0 radical (unpaired) electrons. The van der Waals surface area contributed by atoms with Gasteiger partial charge in [-0.3, -0.25) is 4.18 Å². The van der Waals surface area contributed by atoms with Gasteiger partial charge in [0.15, 0.2) is 0 Å². The van der Waals surface area contributed by atoms with Gasteiger partial charge < -0.3 is 9.84 Å². The second-order valence-electron chi connectivity index (χ2n) is 2.77. The van der Waals surface area contributed by atoms with E-state index in [0.29, 0.717) is 6.42 Å². The first-order valence-electron chi connectivity index (χ1n) is 4.68. The quantitative estimate of drug-likeness (QED) is 0.447. The molecule has 0 heterocycles. The Morgan fingerprint density at radius 2 is 1.93 bits per heavy atom. The van der Waals surface area contributed by atoms with Crippen LogP contribution < -0.4 is 0 Å². The highest BCUT2D eigenvalue weighted by atomic mass is 32.2. The molecule has 0 saturated heterocycles. The van der Waals surface area contributed by atoms with Crippen LogP contribution in [-0.2, 0) is 19.0 Å². The second-order valence-corrected chi connectivity index (χ2v) is 4.53. The molecule has 0 aromatic heterocycles. The Morgan fingerprint density at radius 1 is 1.21 bits per heavy atom. The lowest BCUT2D eigenvalue weighted by Gasteiger charge is -2.04. The Hall–Kier alpha value is -0.170. The van der Waals surface area contributed by atoms with Crippen molar-refractivity contribution in [1.29, 1.82) is 0 Å². The molecule has 0 aliphatic rings. The summed E-state index contributed by atoms with van der Waals surface area (Å²) in [6.45, 7) is 2.26. The smallest absolute Gasteiger partial charge is 0.267 e. The number of aliphatic hydroxyl groups excluding tert-OH is 1. The number of hydrogen-bond donors (Lipinski definition) is 1. The first kappa shape index (κ1) is 13.8. The first-order valence-corrected chi connectivity index (χ1v) is 6.26. The van der Waals surface area contributed by atoms with Gasteiger partial charge in [0, 0.05) is 0 Å². The SMILES string of the molecule is CCCCS(=O)(=O)OCCOCCO. The van der Waals surface area contributed by atoms with Crippen LogP contribution in [0.5, 0.6) is 0 Å². The van der Waals surface area contributed by atoms with E-state index in [1.807, 2.05) is 6.92 Å². The van der Waals surface area contributed by atoms with Crippen LogP contribution in [0.3, 0.4) is 0 Å². The van der Waals surface area contributed by atoms with Gasteiger partial charge in [-0.2, -0.15) is 8.42 Å². The fourth-order valence-electron chi connectivity index (χ4n) is 0.767. The number of rotatable bonds is 9. The van der Waals surface area contributed by atoms with Crippen LogP contribution in [0.25, 0.3) is 0 Å². The molecule has 14 heavy (non-hydrogen) atoms. The predicted octanol–water partition coefficient (Wildman–Crippen LogP) is 0.142. The highest BCUT2D eigenvalue weighted by Gasteiger charge is 2.09.